The summed E-state index contributed by atoms with van der Waals surface area (Å²) in [7, 11) is 0. The van der Waals surface area contributed by atoms with Crippen molar-refractivity contribution in [2.75, 3.05) is 13.2 Å². The Morgan fingerprint density at radius 1 is 1.38 bits per heavy atom. The van der Waals surface area contributed by atoms with Crippen molar-refractivity contribution >= 4 is 11.3 Å². The number of unbranched alkanes of at least 4 members (excludes halogenated alkanes) is 2. The lowest BCUT2D eigenvalue weighted by atomic mass is 9.94. The molecule has 90 valence electrons. The Morgan fingerprint density at radius 3 is 3.19 bits per heavy atom. The van der Waals surface area contributed by atoms with Crippen molar-refractivity contribution in [2.24, 2.45) is 0 Å². The SMILES string of the molecule is OCCCCCNC1CCCc2sccc21. The lowest BCUT2D eigenvalue weighted by Crippen LogP contribution is -2.25. The highest BCUT2D eigenvalue weighted by Gasteiger charge is 2.19. The van der Waals surface area contributed by atoms with E-state index in [0.717, 1.165) is 19.4 Å². The first-order valence-electron chi connectivity index (χ1n) is 6.32. The molecule has 0 radical (unpaired) electrons. The van der Waals surface area contributed by atoms with Gasteiger partial charge in [0.05, 0.1) is 0 Å². The number of thiophene rings is 1. The summed E-state index contributed by atoms with van der Waals surface area (Å²) in [4.78, 5) is 1.58. The van der Waals surface area contributed by atoms with Crippen LogP contribution in [0.15, 0.2) is 11.4 Å². The predicted molar refractivity (Wildman–Crippen MR) is 68.9 cm³/mol. The number of nitrogens with one attached hydrogen (secondary N) is 1. The van der Waals surface area contributed by atoms with Crippen LogP contribution in [0.25, 0.3) is 0 Å². The van der Waals surface area contributed by atoms with E-state index in [9.17, 15) is 0 Å². The van der Waals surface area contributed by atoms with E-state index in [1.807, 2.05) is 11.3 Å². The number of rotatable bonds is 6. The number of fused-ring (bicyclic) bond motifs is 1. The molecule has 0 aromatic carbocycles. The van der Waals surface area contributed by atoms with Gasteiger partial charge in [0.15, 0.2) is 0 Å². The maximum Gasteiger partial charge on any atom is 0.0431 e. The monoisotopic (exact) mass is 239 g/mol. The van der Waals surface area contributed by atoms with Crippen LogP contribution in [0.1, 0.15) is 48.6 Å². The van der Waals surface area contributed by atoms with Crippen LogP contribution in [0.4, 0.5) is 0 Å². The van der Waals surface area contributed by atoms with Crippen LogP contribution < -0.4 is 5.32 Å². The van der Waals surface area contributed by atoms with Gasteiger partial charge < -0.3 is 10.4 Å². The highest BCUT2D eigenvalue weighted by molar-refractivity contribution is 7.10. The Labute approximate surface area is 102 Å². The molecule has 2 rings (SSSR count). The summed E-state index contributed by atoms with van der Waals surface area (Å²) in [6.07, 6.45) is 7.13. The van der Waals surface area contributed by atoms with Crippen molar-refractivity contribution in [3.63, 3.8) is 0 Å². The van der Waals surface area contributed by atoms with Gasteiger partial charge in [0.2, 0.25) is 0 Å². The summed E-state index contributed by atoms with van der Waals surface area (Å²) in [6, 6.07) is 2.87. The van der Waals surface area contributed by atoms with E-state index < -0.39 is 0 Å². The maximum atomic E-state index is 8.70. The minimum atomic E-state index is 0.331. The zero-order valence-corrected chi connectivity index (χ0v) is 10.6. The van der Waals surface area contributed by atoms with E-state index in [4.69, 9.17) is 5.11 Å². The summed E-state index contributed by atoms with van der Waals surface area (Å²) in [5, 5.41) is 14.6. The second kappa shape index (κ2) is 6.38. The number of hydrogen-bond donors (Lipinski definition) is 2. The van der Waals surface area contributed by atoms with Crippen molar-refractivity contribution in [2.45, 2.75) is 44.6 Å². The molecule has 0 saturated heterocycles. The third kappa shape index (κ3) is 3.06. The van der Waals surface area contributed by atoms with Crippen molar-refractivity contribution in [3.8, 4) is 0 Å². The van der Waals surface area contributed by atoms with Gasteiger partial charge in [-0.3, -0.25) is 0 Å². The second-order valence-electron chi connectivity index (χ2n) is 4.48. The predicted octanol–water partition coefficient (Wildman–Crippen LogP) is 2.88. The molecule has 1 aliphatic rings. The molecular formula is C13H21NOS. The van der Waals surface area contributed by atoms with Crippen LogP contribution in [-0.4, -0.2) is 18.3 Å². The Hall–Kier alpha value is -0.380. The molecule has 0 amide bonds. The topological polar surface area (TPSA) is 32.3 Å². The van der Waals surface area contributed by atoms with E-state index >= 15 is 0 Å². The molecule has 1 aromatic rings. The fourth-order valence-corrected chi connectivity index (χ4v) is 3.38. The van der Waals surface area contributed by atoms with Gasteiger partial charge in [0, 0.05) is 17.5 Å². The van der Waals surface area contributed by atoms with Crippen LogP contribution in [0.3, 0.4) is 0 Å². The molecule has 0 spiro atoms. The lowest BCUT2D eigenvalue weighted by Gasteiger charge is -2.23. The molecule has 2 N–H and O–H groups in total. The lowest BCUT2D eigenvalue weighted by molar-refractivity contribution is 0.282. The number of aliphatic hydroxyl groups excluding tert-OH is 1. The normalized spacial score (nSPS) is 19.7. The first-order valence-corrected chi connectivity index (χ1v) is 7.20. The molecule has 2 nitrogen and oxygen atoms in total. The summed E-state index contributed by atoms with van der Waals surface area (Å²) in [5.74, 6) is 0. The van der Waals surface area contributed by atoms with Crippen LogP contribution in [0.2, 0.25) is 0 Å². The number of aryl methyl sites for hydroxylation is 1. The molecular weight excluding hydrogens is 218 g/mol. The first-order chi connectivity index (χ1) is 7.92. The van der Waals surface area contributed by atoms with Crippen molar-refractivity contribution in [1.29, 1.82) is 0 Å². The summed E-state index contributed by atoms with van der Waals surface area (Å²) >= 11 is 1.90. The average molecular weight is 239 g/mol. The van der Waals surface area contributed by atoms with Crippen molar-refractivity contribution < 1.29 is 5.11 Å². The zero-order chi connectivity index (χ0) is 11.2. The Balaban J connectivity index is 1.75. The maximum absolute atomic E-state index is 8.70. The Morgan fingerprint density at radius 2 is 2.31 bits per heavy atom. The fourth-order valence-electron chi connectivity index (χ4n) is 2.39. The largest absolute Gasteiger partial charge is 0.396 e. The molecule has 1 heterocycles. The zero-order valence-electron chi connectivity index (χ0n) is 9.74. The molecule has 0 aliphatic heterocycles. The summed E-state index contributed by atoms with van der Waals surface area (Å²) in [5.41, 5.74) is 1.54. The standard InChI is InChI=1S/C13H21NOS/c15-9-3-1-2-8-14-12-5-4-6-13-11(12)7-10-16-13/h7,10,12,14-15H,1-6,8-9H2. The first kappa shape index (κ1) is 12.1. The highest BCUT2D eigenvalue weighted by atomic mass is 32.1. The van der Waals surface area contributed by atoms with Gasteiger partial charge in [-0.15, -0.1) is 11.3 Å². The van der Waals surface area contributed by atoms with E-state index in [1.165, 1.54) is 25.7 Å². The smallest absolute Gasteiger partial charge is 0.0431 e. The average Bonchev–Trinajstić information content (AvgIpc) is 2.77. The van der Waals surface area contributed by atoms with E-state index in [1.54, 1.807) is 10.4 Å². The van der Waals surface area contributed by atoms with Crippen molar-refractivity contribution in [1.82, 2.24) is 5.32 Å². The van der Waals surface area contributed by atoms with Gasteiger partial charge >= 0.3 is 0 Å². The van der Waals surface area contributed by atoms with Crippen LogP contribution in [0, 0.1) is 0 Å². The quantitative estimate of drug-likeness (QED) is 0.748. The summed E-state index contributed by atoms with van der Waals surface area (Å²) < 4.78 is 0. The van der Waals surface area contributed by atoms with Gasteiger partial charge in [-0.1, -0.05) is 0 Å². The second-order valence-corrected chi connectivity index (χ2v) is 5.48. The van der Waals surface area contributed by atoms with Crippen LogP contribution >= 0.6 is 11.3 Å². The molecule has 1 aliphatic carbocycles. The van der Waals surface area contributed by atoms with Gasteiger partial charge in [-0.25, -0.2) is 0 Å². The fraction of sp³-hybridized carbons (Fsp3) is 0.692. The van der Waals surface area contributed by atoms with E-state index in [2.05, 4.69) is 16.8 Å². The van der Waals surface area contributed by atoms with E-state index in [0.29, 0.717) is 12.6 Å². The molecule has 16 heavy (non-hydrogen) atoms. The van der Waals surface area contributed by atoms with E-state index in [-0.39, 0.29) is 0 Å². The third-order valence-electron chi connectivity index (χ3n) is 3.28. The van der Waals surface area contributed by atoms with Crippen LogP contribution in [-0.2, 0) is 6.42 Å². The molecule has 0 fully saturated rings. The molecule has 0 saturated carbocycles. The Kier molecular flexibility index (Phi) is 4.82. The van der Waals surface area contributed by atoms with Gasteiger partial charge in [-0.2, -0.15) is 0 Å². The van der Waals surface area contributed by atoms with Crippen molar-refractivity contribution in [3.05, 3.63) is 21.9 Å². The van der Waals surface area contributed by atoms with Gasteiger partial charge in [-0.05, 0) is 62.1 Å². The molecule has 1 unspecified atom stereocenters. The number of hydrogen-bond acceptors (Lipinski definition) is 3. The summed E-state index contributed by atoms with van der Waals surface area (Å²) in [6.45, 7) is 1.41. The highest BCUT2D eigenvalue weighted by Crippen LogP contribution is 2.33. The number of aliphatic hydroxyl groups is 1. The van der Waals surface area contributed by atoms with Gasteiger partial charge in [0.1, 0.15) is 0 Å². The third-order valence-corrected chi connectivity index (χ3v) is 4.27. The minimum absolute atomic E-state index is 0.331. The van der Waals surface area contributed by atoms with Gasteiger partial charge in [0.25, 0.3) is 0 Å². The van der Waals surface area contributed by atoms with Crippen LogP contribution in [0.5, 0.6) is 0 Å². The minimum Gasteiger partial charge on any atom is -0.396 e. The molecule has 1 aromatic heterocycles. The molecule has 0 bridgehead atoms. The Bertz CT molecular complexity index is 311. The molecule has 3 heteroatoms. The molecule has 1 atom stereocenters.